The molecule has 0 aromatic heterocycles. The minimum atomic E-state index is -0.280. The Kier molecular flexibility index (Phi) is 3.43. The van der Waals surface area contributed by atoms with Crippen molar-refractivity contribution in [2.24, 2.45) is 11.7 Å². The van der Waals surface area contributed by atoms with Crippen molar-refractivity contribution < 1.29 is 9.18 Å². The third-order valence-corrected chi connectivity index (χ3v) is 3.29. The highest BCUT2D eigenvalue weighted by Gasteiger charge is 2.29. The van der Waals surface area contributed by atoms with Crippen molar-refractivity contribution in [1.82, 2.24) is 4.90 Å². The number of carbonyl (C=O) groups is 1. The lowest BCUT2D eigenvalue weighted by molar-refractivity contribution is -0.129. The molecule has 0 saturated carbocycles. The second kappa shape index (κ2) is 4.84. The van der Waals surface area contributed by atoms with Crippen LogP contribution in [0.3, 0.4) is 0 Å². The number of hydrogen-bond acceptors (Lipinski definition) is 2. The molecule has 0 aliphatic carbocycles. The van der Waals surface area contributed by atoms with Gasteiger partial charge in [0.05, 0.1) is 6.42 Å². The average molecular weight is 236 g/mol. The Morgan fingerprint density at radius 3 is 2.59 bits per heavy atom. The topological polar surface area (TPSA) is 46.3 Å². The molecule has 2 atom stereocenters. The molecular formula is C13H17FN2O. The van der Waals surface area contributed by atoms with Gasteiger partial charge in [-0.1, -0.05) is 19.1 Å². The molecule has 0 spiro atoms. The highest BCUT2D eigenvalue weighted by atomic mass is 19.1. The van der Waals surface area contributed by atoms with Gasteiger partial charge in [-0.3, -0.25) is 4.79 Å². The van der Waals surface area contributed by atoms with Crippen LogP contribution in [0.1, 0.15) is 12.5 Å². The molecule has 92 valence electrons. The van der Waals surface area contributed by atoms with Crippen molar-refractivity contribution in [3.05, 3.63) is 35.6 Å². The van der Waals surface area contributed by atoms with Crippen LogP contribution >= 0.6 is 0 Å². The Morgan fingerprint density at radius 2 is 2.06 bits per heavy atom. The van der Waals surface area contributed by atoms with Crippen molar-refractivity contribution in [3.8, 4) is 0 Å². The average Bonchev–Trinajstić information content (AvgIpc) is 2.63. The fourth-order valence-electron chi connectivity index (χ4n) is 2.08. The number of nitrogens with two attached hydrogens (primary N) is 1. The van der Waals surface area contributed by atoms with E-state index in [-0.39, 0.29) is 17.8 Å². The predicted molar refractivity (Wildman–Crippen MR) is 63.8 cm³/mol. The zero-order valence-corrected chi connectivity index (χ0v) is 9.90. The van der Waals surface area contributed by atoms with Crippen LogP contribution in [0.15, 0.2) is 24.3 Å². The fourth-order valence-corrected chi connectivity index (χ4v) is 2.08. The van der Waals surface area contributed by atoms with Gasteiger partial charge in [-0.2, -0.15) is 0 Å². The summed E-state index contributed by atoms with van der Waals surface area (Å²) in [7, 11) is 0. The van der Waals surface area contributed by atoms with Crippen molar-refractivity contribution in [3.63, 3.8) is 0 Å². The van der Waals surface area contributed by atoms with Crippen LogP contribution in [0.25, 0.3) is 0 Å². The summed E-state index contributed by atoms with van der Waals surface area (Å²) in [5.41, 5.74) is 6.71. The highest BCUT2D eigenvalue weighted by molar-refractivity contribution is 5.79. The standard InChI is InChI=1S/C13H17FN2O/c1-9-7-16(8-12(9)15)13(17)6-10-2-4-11(14)5-3-10/h2-5,9,12H,6-8,15H2,1H3. The van der Waals surface area contributed by atoms with E-state index in [4.69, 9.17) is 5.73 Å². The quantitative estimate of drug-likeness (QED) is 0.838. The maximum absolute atomic E-state index is 12.7. The van der Waals surface area contributed by atoms with E-state index in [0.29, 0.717) is 18.9 Å². The zero-order valence-electron chi connectivity index (χ0n) is 9.90. The van der Waals surface area contributed by atoms with Gasteiger partial charge >= 0.3 is 0 Å². The van der Waals surface area contributed by atoms with E-state index in [1.807, 2.05) is 0 Å². The third kappa shape index (κ3) is 2.82. The lowest BCUT2D eigenvalue weighted by Crippen LogP contribution is -2.33. The summed E-state index contributed by atoms with van der Waals surface area (Å²) in [6.07, 6.45) is 0.319. The number of hydrogen-bond donors (Lipinski definition) is 1. The SMILES string of the molecule is CC1CN(C(=O)Cc2ccc(F)cc2)CC1N. The first kappa shape index (κ1) is 12.0. The molecule has 4 heteroatoms. The lowest BCUT2D eigenvalue weighted by atomic mass is 10.1. The first-order valence-electron chi connectivity index (χ1n) is 5.84. The molecule has 1 aliphatic rings. The van der Waals surface area contributed by atoms with Crippen LogP contribution in [-0.2, 0) is 11.2 Å². The first-order chi connectivity index (χ1) is 8.06. The van der Waals surface area contributed by atoms with Crippen LogP contribution < -0.4 is 5.73 Å². The van der Waals surface area contributed by atoms with Gasteiger partial charge in [0, 0.05) is 19.1 Å². The van der Waals surface area contributed by atoms with Crippen molar-refractivity contribution in [2.45, 2.75) is 19.4 Å². The Bertz CT molecular complexity index is 394. The first-order valence-corrected chi connectivity index (χ1v) is 5.84. The molecule has 1 aromatic carbocycles. The molecule has 0 bridgehead atoms. The van der Waals surface area contributed by atoms with Crippen molar-refractivity contribution in [2.75, 3.05) is 13.1 Å². The van der Waals surface area contributed by atoms with Crippen LogP contribution in [-0.4, -0.2) is 29.9 Å². The summed E-state index contributed by atoms with van der Waals surface area (Å²) in [5.74, 6) is 0.140. The van der Waals surface area contributed by atoms with Crippen molar-refractivity contribution >= 4 is 5.91 Å². The number of likely N-dealkylation sites (tertiary alicyclic amines) is 1. The number of nitrogens with zero attached hydrogens (tertiary/aromatic N) is 1. The number of halogens is 1. The van der Waals surface area contributed by atoms with Gasteiger partial charge in [-0.15, -0.1) is 0 Å². The van der Waals surface area contributed by atoms with Gasteiger partial charge < -0.3 is 10.6 Å². The van der Waals surface area contributed by atoms with E-state index in [1.54, 1.807) is 17.0 Å². The van der Waals surface area contributed by atoms with Gasteiger partial charge in [0.25, 0.3) is 0 Å². The molecule has 17 heavy (non-hydrogen) atoms. The summed E-state index contributed by atoms with van der Waals surface area (Å²) in [6.45, 7) is 3.40. The molecule has 0 radical (unpaired) electrons. The fraction of sp³-hybridized carbons (Fsp3) is 0.462. The predicted octanol–water partition coefficient (Wildman–Crippen LogP) is 1.17. The van der Waals surface area contributed by atoms with E-state index in [2.05, 4.69) is 6.92 Å². The van der Waals surface area contributed by atoms with E-state index in [1.165, 1.54) is 12.1 Å². The molecule has 3 nitrogen and oxygen atoms in total. The second-order valence-corrected chi connectivity index (χ2v) is 4.74. The summed E-state index contributed by atoms with van der Waals surface area (Å²) in [5, 5.41) is 0. The summed E-state index contributed by atoms with van der Waals surface area (Å²) in [6, 6.07) is 6.12. The molecule has 1 fully saturated rings. The maximum Gasteiger partial charge on any atom is 0.227 e. The largest absolute Gasteiger partial charge is 0.341 e. The molecular weight excluding hydrogens is 219 g/mol. The van der Waals surface area contributed by atoms with Crippen LogP contribution in [0.4, 0.5) is 4.39 Å². The van der Waals surface area contributed by atoms with Crippen molar-refractivity contribution in [1.29, 1.82) is 0 Å². The number of carbonyl (C=O) groups excluding carboxylic acids is 1. The van der Waals surface area contributed by atoms with Crippen LogP contribution in [0.5, 0.6) is 0 Å². The minimum absolute atomic E-state index is 0.0661. The zero-order chi connectivity index (χ0) is 12.4. The normalized spacial score (nSPS) is 24.1. The van der Waals surface area contributed by atoms with E-state index in [9.17, 15) is 9.18 Å². The Balaban J connectivity index is 1.96. The van der Waals surface area contributed by atoms with E-state index >= 15 is 0 Å². The molecule has 2 rings (SSSR count). The summed E-state index contributed by atoms with van der Waals surface area (Å²) >= 11 is 0. The molecule has 2 unspecified atom stereocenters. The smallest absolute Gasteiger partial charge is 0.227 e. The van der Waals surface area contributed by atoms with E-state index < -0.39 is 0 Å². The summed E-state index contributed by atoms with van der Waals surface area (Å²) < 4.78 is 12.7. The molecule has 2 N–H and O–H groups in total. The van der Waals surface area contributed by atoms with Gasteiger partial charge in [-0.05, 0) is 23.6 Å². The van der Waals surface area contributed by atoms with Crippen LogP contribution in [0, 0.1) is 11.7 Å². The Morgan fingerprint density at radius 1 is 1.41 bits per heavy atom. The molecule has 1 aromatic rings. The Hall–Kier alpha value is -1.42. The monoisotopic (exact) mass is 236 g/mol. The lowest BCUT2D eigenvalue weighted by Gasteiger charge is -2.15. The highest BCUT2D eigenvalue weighted by Crippen LogP contribution is 2.16. The van der Waals surface area contributed by atoms with Gasteiger partial charge in [0.1, 0.15) is 5.82 Å². The maximum atomic E-state index is 12.7. The third-order valence-electron chi connectivity index (χ3n) is 3.29. The minimum Gasteiger partial charge on any atom is -0.341 e. The molecule has 1 aliphatic heterocycles. The number of rotatable bonds is 2. The number of amides is 1. The van der Waals surface area contributed by atoms with Gasteiger partial charge in [0.15, 0.2) is 0 Å². The molecule has 1 heterocycles. The van der Waals surface area contributed by atoms with E-state index in [0.717, 1.165) is 12.1 Å². The van der Waals surface area contributed by atoms with Gasteiger partial charge in [-0.25, -0.2) is 4.39 Å². The van der Waals surface area contributed by atoms with Crippen LogP contribution in [0.2, 0.25) is 0 Å². The Labute approximate surface area is 100 Å². The second-order valence-electron chi connectivity index (χ2n) is 4.74. The molecule has 1 amide bonds. The van der Waals surface area contributed by atoms with Gasteiger partial charge in [0.2, 0.25) is 5.91 Å². The molecule has 1 saturated heterocycles. The number of benzene rings is 1. The summed E-state index contributed by atoms with van der Waals surface area (Å²) in [4.78, 5) is 13.8.